The van der Waals surface area contributed by atoms with E-state index in [0.29, 0.717) is 45.9 Å². The van der Waals surface area contributed by atoms with Crippen LogP contribution in [0.3, 0.4) is 0 Å². The van der Waals surface area contributed by atoms with Crippen LogP contribution in [0.4, 0.5) is 17.3 Å². The summed E-state index contributed by atoms with van der Waals surface area (Å²) >= 11 is 12.4. The highest BCUT2D eigenvalue weighted by atomic mass is 35.5. The van der Waals surface area contributed by atoms with Gasteiger partial charge in [0.25, 0.3) is 0 Å². The Bertz CT molecular complexity index is 1280. The summed E-state index contributed by atoms with van der Waals surface area (Å²) in [7, 11) is 0. The van der Waals surface area contributed by atoms with E-state index in [1.807, 2.05) is 6.07 Å². The highest BCUT2D eigenvalue weighted by Gasteiger charge is 2.16. The highest BCUT2D eigenvalue weighted by Crippen LogP contribution is 2.35. The summed E-state index contributed by atoms with van der Waals surface area (Å²) in [6, 6.07) is 9.98. The van der Waals surface area contributed by atoms with Crippen LogP contribution in [0.2, 0.25) is 10.0 Å². The average Bonchev–Trinajstić information content (AvgIpc) is 3.29. The summed E-state index contributed by atoms with van der Waals surface area (Å²) in [6.45, 7) is 0.487. The molecule has 0 amide bonds. The van der Waals surface area contributed by atoms with Crippen LogP contribution in [-0.2, 0) is 6.42 Å². The van der Waals surface area contributed by atoms with Gasteiger partial charge in [-0.05, 0) is 42.3 Å². The first kappa shape index (κ1) is 21.5. The Morgan fingerprint density at radius 1 is 1.19 bits per heavy atom. The lowest BCUT2D eigenvalue weighted by atomic mass is 10.0. The van der Waals surface area contributed by atoms with Gasteiger partial charge in [0.05, 0.1) is 21.8 Å². The van der Waals surface area contributed by atoms with Crippen molar-refractivity contribution in [3.05, 3.63) is 80.7 Å². The molecule has 0 aliphatic heterocycles. The normalized spacial score (nSPS) is 10.8. The zero-order valence-corrected chi connectivity index (χ0v) is 18.0. The van der Waals surface area contributed by atoms with Crippen molar-refractivity contribution in [3.63, 3.8) is 0 Å². The Morgan fingerprint density at radius 3 is 2.72 bits per heavy atom. The quantitative estimate of drug-likeness (QED) is 0.262. The fourth-order valence-electron chi connectivity index (χ4n) is 3.12. The molecule has 161 valence electrons. The van der Waals surface area contributed by atoms with Gasteiger partial charge in [0.1, 0.15) is 11.6 Å². The van der Waals surface area contributed by atoms with Crippen LogP contribution >= 0.6 is 23.2 Å². The minimum atomic E-state index is -0.572. The van der Waals surface area contributed by atoms with Crippen molar-refractivity contribution in [2.24, 2.45) is 0 Å². The largest absolute Gasteiger partial charge is 0.378 e. The number of nitrogens with zero attached hydrogens (tertiary/aromatic N) is 4. The van der Waals surface area contributed by atoms with Crippen LogP contribution in [0.15, 0.2) is 48.8 Å². The minimum Gasteiger partial charge on any atom is -0.378 e. The number of hydrogen-bond acceptors (Lipinski definition) is 7. The number of aromatic amines is 1. The van der Waals surface area contributed by atoms with E-state index in [-0.39, 0.29) is 11.5 Å². The Balaban J connectivity index is 1.56. The number of anilines is 2. The lowest BCUT2D eigenvalue weighted by Gasteiger charge is -2.11. The number of nitrogens with two attached hydrogens (primary N) is 1. The van der Waals surface area contributed by atoms with E-state index in [2.05, 4.69) is 31.4 Å². The molecular weight excluding hydrogens is 453 g/mol. The van der Waals surface area contributed by atoms with Gasteiger partial charge >= 0.3 is 5.69 Å². The molecule has 11 heteroatoms. The van der Waals surface area contributed by atoms with E-state index in [0.717, 1.165) is 11.1 Å². The lowest BCUT2D eigenvalue weighted by molar-refractivity contribution is -0.384. The Kier molecular flexibility index (Phi) is 6.20. The SMILES string of the molecule is Nc1nc(NCCc2[c]nc(-c3ccc(Cl)cc3Cl)c(-c3ncc[nH]3)c2)ccc1[N+](=O)[O-]. The summed E-state index contributed by atoms with van der Waals surface area (Å²) in [5.74, 6) is 0.945. The minimum absolute atomic E-state index is 0.141. The van der Waals surface area contributed by atoms with Crippen molar-refractivity contribution in [2.45, 2.75) is 6.42 Å². The topological polar surface area (TPSA) is 136 Å². The molecule has 0 aliphatic rings. The standard InChI is InChI=1S/C21H16Cl2N7O2/c22-13-1-2-14(16(23)10-13)19-15(21-26-7-8-27-21)9-12(11-28-19)5-6-25-18-4-3-17(30(31)32)20(24)29-18/h1-4,7-10H,5-6H2,(H,26,27)(H3,24,25,29). The number of hydrogen-bond donors (Lipinski definition) is 3. The van der Waals surface area contributed by atoms with Crippen LogP contribution in [0.5, 0.6) is 0 Å². The summed E-state index contributed by atoms with van der Waals surface area (Å²) in [5.41, 5.74) is 8.35. The van der Waals surface area contributed by atoms with E-state index in [9.17, 15) is 10.1 Å². The number of imidazole rings is 1. The molecule has 0 spiro atoms. The van der Waals surface area contributed by atoms with Gasteiger partial charge in [-0.1, -0.05) is 23.2 Å². The molecule has 3 aromatic heterocycles. The summed E-state index contributed by atoms with van der Waals surface area (Å²) in [5, 5.41) is 15.0. The number of nitro groups is 1. The number of aromatic nitrogens is 4. The maximum Gasteiger partial charge on any atom is 0.311 e. The molecule has 1 aromatic carbocycles. The van der Waals surface area contributed by atoms with Gasteiger partial charge in [-0.15, -0.1) is 0 Å². The molecule has 4 rings (SSSR count). The van der Waals surface area contributed by atoms with Crippen molar-refractivity contribution < 1.29 is 4.92 Å². The molecule has 0 fully saturated rings. The molecule has 3 heterocycles. The Hall–Kier alpha value is -3.69. The van der Waals surface area contributed by atoms with Gasteiger partial charge in [-0.3, -0.25) is 10.1 Å². The van der Waals surface area contributed by atoms with Crippen LogP contribution in [0.1, 0.15) is 5.56 Å². The van der Waals surface area contributed by atoms with Gasteiger partial charge in [-0.2, -0.15) is 0 Å². The number of benzene rings is 1. The number of H-pyrrole nitrogens is 1. The van der Waals surface area contributed by atoms with E-state index in [4.69, 9.17) is 28.9 Å². The smallest absolute Gasteiger partial charge is 0.311 e. The fourth-order valence-corrected chi connectivity index (χ4v) is 3.61. The van der Waals surface area contributed by atoms with Gasteiger partial charge < -0.3 is 16.0 Å². The predicted molar refractivity (Wildman–Crippen MR) is 124 cm³/mol. The summed E-state index contributed by atoms with van der Waals surface area (Å²) < 4.78 is 0. The van der Waals surface area contributed by atoms with Crippen molar-refractivity contribution in [1.82, 2.24) is 19.9 Å². The first-order valence-electron chi connectivity index (χ1n) is 9.44. The monoisotopic (exact) mass is 468 g/mol. The summed E-state index contributed by atoms with van der Waals surface area (Å²) in [4.78, 5) is 26.3. The van der Waals surface area contributed by atoms with E-state index in [1.54, 1.807) is 30.6 Å². The highest BCUT2D eigenvalue weighted by molar-refractivity contribution is 6.36. The maximum atomic E-state index is 10.9. The lowest BCUT2D eigenvalue weighted by Crippen LogP contribution is -2.09. The second-order valence-electron chi connectivity index (χ2n) is 6.75. The van der Waals surface area contributed by atoms with E-state index < -0.39 is 4.92 Å². The molecule has 0 aliphatic carbocycles. The molecule has 1 radical (unpaired) electrons. The number of halogens is 2. The average molecular weight is 469 g/mol. The van der Waals surface area contributed by atoms with E-state index >= 15 is 0 Å². The number of pyridine rings is 2. The molecule has 32 heavy (non-hydrogen) atoms. The van der Waals surface area contributed by atoms with Crippen LogP contribution in [-0.4, -0.2) is 31.4 Å². The Labute approximate surface area is 192 Å². The molecule has 4 N–H and O–H groups in total. The molecule has 4 aromatic rings. The molecular formula is C21H16Cl2N7O2. The molecule has 0 saturated carbocycles. The van der Waals surface area contributed by atoms with Crippen LogP contribution < -0.4 is 11.1 Å². The first-order chi connectivity index (χ1) is 15.4. The van der Waals surface area contributed by atoms with Gasteiger partial charge in [0, 0.05) is 41.2 Å². The molecule has 9 nitrogen and oxygen atoms in total. The maximum absolute atomic E-state index is 10.9. The van der Waals surface area contributed by atoms with Crippen molar-refractivity contribution in [2.75, 3.05) is 17.6 Å². The molecule has 0 saturated heterocycles. The third-order valence-electron chi connectivity index (χ3n) is 4.62. The zero-order chi connectivity index (χ0) is 22.7. The fraction of sp³-hybridized carbons (Fsp3) is 0.0952. The first-order valence-corrected chi connectivity index (χ1v) is 10.2. The third kappa shape index (κ3) is 4.63. The zero-order valence-electron chi connectivity index (χ0n) is 16.5. The Morgan fingerprint density at radius 2 is 2.03 bits per heavy atom. The van der Waals surface area contributed by atoms with E-state index in [1.165, 1.54) is 12.1 Å². The second kappa shape index (κ2) is 9.21. The molecule has 0 unspecified atom stereocenters. The van der Waals surface area contributed by atoms with Gasteiger partial charge in [-0.25, -0.2) is 15.0 Å². The van der Waals surface area contributed by atoms with Crippen LogP contribution in [0, 0.1) is 16.3 Å². The second-order valence-corrected chi connectivity index (χ2v) is 7.60. The van der Waals surface area contributed by atoms with Crippen molar-refractivity contribution in [3.8, 4) is 22.6 Å². The van der Waals surface area contributed by atoms with Gasteiger partial charge in [0.15, 0.2) is 0 Å². The van der Waals surface area contributed by atoms with Crippen molar-refractivity contribution in [1.29, 1.82) is 0 Å². The summed E-state index contributed by atoms with van der Waals surface area (Å²) in [6.07, 6.45) is 6.99. The molecule has 0 bridgehead atoms. The van der Waals surface area contributed by atoms with Crippen molar-refractivity contribution >= 4 is 40.5 Å². The molecule has 0 atom stereocenters. The predicted octanol–water partition coefficient (Wildman–Crippen LogP) is 4.79. The van der Waals surface area contributed by atoms with Crippen LogP contribution in [0.25, 0.3) is 22.6 Å². The number of nitrogens with one attached hydrogen (secondary N) is 2. The van der Waals surface area contributed by atoms with Gasteiger partial charge in [0.2, 0.25) is 5.82 Å². The number of nitrogen functional groups attached to an aromatic ring is 1. The third-order valence-corrected chi connectivity index (χ3v) is 5.17. The number of rotatable bonds is 7.